The van der Waals surface area contributed by atoms with E-state index in [-0.39, 0.29) is 11.3 Å². The van der Waals surface area contributed by atoms with Crippen LogP contribution >= 0.6 is 0 Å². The minimum Gasteiger partial charge on any atom is -0.398 e. The molecule has 152 valence electrons. The Morgan fingerprint density at radius 1 is 1.34 bits per heavy atom. The zero-order valence-electron chi connectivity index (χ0n) is 15.9. The van der Waals surface area contributed by atoms with Crippen LogP contribution in [0.5, 0.6) is 0 Å². The fourth-order valence-electron chi connectivity index (χ4n) is 2.54. The third-order valence-corrected chi connectivity index (χ3v) is 4.08. The second kappa shape index (κ2) is 9.65. The summed E-state index contributed by atoms with van der Waals surface area (Å²) in [5.41, 5.74) is 13.1. The van der Waals surface area contributed by atoms with E-state index >= 15 is 0 Å². The number of allylic oxidation sites excluding steroid dienone is 7. The van der Waals surface area contributed by atoms with Gasteiger partial charge >= 0.3 is 5.92 Å². The Kier molecular flexibility index (Phi) is 7.27. The van der Waals surface area contributed by atoms with Gasteiger partial charge in [0.15, 0.2) is 5.84 Å². The predicted molar refractivity (Wildman–Crippen MR) is 114 cm³/mol. The number of nitrogens with two attached hydrogens (primary N) is 2. The van der Waals surface area contributed by atoms with Crippen molar-refractivity contribution in [1.82, 2.24) is 5.32 Å². The fourth-order valence-corrected chi connectivity index (χ4v) is 2.54. The first-order chi connectivity index (χ1) is 13.8. The molecule has 1 aliphatic heterocycles. The van der Waals surface area contributed by atoms with Crippen molar-refractivity contribution in [3.8, 4) is 0 Å². The van der Waals surface area contributed by atoms with Crippen molar-refractivity contribution in [2.75, 3.05) is 13.6 Å². The highest BCUT2D eigenvalue weighted by Crippen LogP contribution is 2.31. The smallest absolute Gasteiger partial charge is 0.329 e. The van der Waals surface area contributed by atoms with Crippen molar-refractivity contribution in [2.45, 2.75) is 12.3 Å². The molecule has 1 heterocycles. The van der Waals surface area contributed by atoms with Crippen LogP contribution in [0.15, 0.2) is 80.6 Å². The third-order valence-electron chi connectivity index (χ3n) is 4.08. The van der Waals surface area contributed by atoms with Crippen LogP contribution in [-0.2, 0) is 0 Å². The largest absolute Gasteiger partial charge is 0.398 e. The molecule has 0 unspecified atom stereocenters. The molecule has 1 aliphatic carbocycles. The molecular formula is C20H23F2N7. The van der Waals surface area contributed by atoms with E-state index in [2.05, 4.69) is 15.3 Å². The molecule has 0 radical (unpaired) electrons. The summed E-state index contributed by atoms with van der Waals surface area (Å²) < 4.78 is 29.7. The molecule has 0 atom stereocenters. The van der Waals surface area contributed by atoms with Crippen LogP contribution in [0.2, 0.25) is 0 Å². The lowest BCUT2D eigenvalue weighted by Crippen LogP contribution is -2.37. The number of likely N-dealkylation sites (N-methyl/N-ethyl adjacent to an activating group) is 1. The van der Waals surface area contributed by atoms with E-state index < -0.39 is 17.6 Å². The molecule has 0 fully saturated rings. The Morgan fingerprint density at radius 3 is 2.79 bits per heavy atom. The monoisotopic (exact) mass is 399 g/mol. The first-order valence-corrected chi connectivity index (χ1v) is 8.73. The van der Waals surface area contributed by atoms with E-state index in [1.54, 1.807) is 25.4 Å². The average molecular weight is 399 g/mol. The van der Waals surface area contributed by atoms with Gasteiger partial charge in [0.05, 0.1) is 0 Å². The van der Waals surface area contributed by atoms with Gasteiger partial charge in [-0.15, -0.1) is 0 Å². The topological polar surface area (TPSA) is 136 Å². The summed E-state index contributed by atoms with van der Waals surface area (Å²) in [5, 5.41) is 17.9. The number of hydrogen-bond donors (Lipinski definition) is 5. The van der Waals surface area contributed by atoms with Crippen LogP contribution in [0.3, 0.4) is 0 Å². The number of amidine groups is 2. The Morgan fingerprint density at radius 2 is 2.10 bits per heavy atom. The maximum absolute atomic E-state index is 14.8. The molecule has 0 aromatic carbocycles. The maximum atomic E-state index is 14.8. The lowest BCUT2D eigenvalue weighted by molar-refractivity contribution is 0.123. The Hall–Kier alpha value is -3.46. The maximum Gasteiger partial charge on any atom is 0.329 e. The minimum absolute atomic E-state index is 0.221. The van der Waals surface area contributed by atoms with E-state index in [0.717, 1.165) is 12.3 Å². The van der Waals surface area contributed by atoms with Gasteiger partial charge in [-0.25, -0.2) is 4.99 Å². The summed E-state index contributed by atoms with van der Waals surface area (Å²) in [6.45, 7) is 0.354. The molecule has 0 aromatic rings. The van der Waals surface area contributed by atoms with Gasteiger partial charge in [-0.05, 0) is 43.0 Å². The Bertz CT molecular complexity index is 928. The summed E-state index contributed by atoms with van der Waals surface area (Å²) in [4.78, 5) is 7.68. The molecule has 0 saturated heterocycles. The van der Waals surface area contributed by atoms with Gasteiger partial charge in [0.25, 0.3) is 0 Å². The summed E-state index contributed by atoms with van der Waals surface area (Å²) in [6, 6.07) is 0. The van der Waals surface area contributed by atoms with Crippen molar-refractivity contribution in [2.24, 2.45) is 21.5 Å². The molecule has 0 spiro atoms. The molecule has 0 aromatic heterocycles. The Labute approximate surface area is 167 Å². The van der Waals surface area contributed by atoms with E-state index in [9.17, 15) is 8.78 Å². The third kappa shape index (κ3) is 5.76. The first kappa shape index (κ1) is 21.8. The summed E-state index contributed by atoms with van der Waals surface area (Å²) in [6.07, 6.45) is 13.1. The van der Waals surface area contributed by atoms with Crippen molar-refractivity contribution >= 4 is 24.1 Å². The zero-order valence-corrected chi connectivity index (χ0v) is 15.9. The van der Waals surface area contributed by atoms with E-state index in [1.807, 2.05) is 0 Å². The number of halogens is 2. The van der Waals surface area contributed by atoms with Gasteiger partial charge in [0.1, 0.15) is 5.84 Å². The van der Waals surface area contributed by atoms with Gasteiger partial charge in [-0.2, -0.15) is 8.78 Å². The van der Waals surface area contributed by atoms with Crippen LogP contribution in [0.4, 0.5) is 8.78 Å². The lowest BCUT2D eigenvalue weighted by atomic mass is 10.0. The number of nitrogens with zero attached hydrogens (tertiary/aromatic N) is 2. The van der Waals surface area contributed by atoms with Gasteiger partial charge in [-0.3, -0.25) is 10.4 Å². The Balaban J connectivity index is 2.24. The molecule has 7 nitrogen and oxygen atoms in total. The summed E-state index contributed by atoms with van der Waals surface area (Å²) >= 11 is 0. The van der Waals surface area contributed by atoms with E-state index in [1.165, 1.54) is 24.3 Å². The van der Waals surface area contributed by atoms with Crippen LogP contribution in [0, 0.1) is 10.8 Å². The second-order valence-electron chi connectivity index (χ2n) is 6.26. The average Bonchev–Trinajstić information content (AvgIpc) is 3.05. The number of aliphatic imine (C=N–C) groups is 2. The summed E-state index contributed by atoms with van der Waals surface area (Å²) in [7, 11) is 1.70. The van der Waals surface area contributed by atoms with Crippen LogP contribution in [0.25, 0.3) is 0 Å². The molecular weight excluding hydrogens is 376 g/mol. The normalized spacial score (nSPS) is 17.8. The molecule has 2 rings (SSSR count). The SMILES string of the molecule is CNCC(C=N)=C(N)/C=C\C(=N)N=C(N)C(F)(F)C1=CC=C2CC(=C1)C=CC=N2. The van der Waals surface area contributed by atoms with Crippen LogP contribution < -0.4 is 16.8 Å². The molecule has 2 bridgehead atoms. The van der Waals surface area contributed by atoms with Crippen molar-refractivity contribution in [1.29, 1.82) is 10.8 Å². The fraction of sp³-hybridized carbons (Fsp3) is 0.200. The predicted octanol–water partition coefficient (Wildman–Crippen LogP) is 2.38. The standard InChI is InChI=1S/C20H23F2N7/c1-27-12-14(11-23)17(24)6-7-18(25)29-19(26)20(21,22)15-4-5-16-10-13(9-15)3-2-8-28-16/h2-9,11,23,27H,10,12,24H2,1H3,(H3,25,26,29)/b7-6-,17-14?,23-11?. The quantitative estimate of drug-likeness (QED) is 0.255. The van der Waals surface area contributed by atoms with Crippen molar-refractivity contribution in [3.63, 3.8) is 0 Å². The highest BCUT2D eigenvalue weighted by atomic mass is 19.3. The molecule has 0 amide bonds. The van der Waals surface area contributed by atoms with Gasteiger partial charge in [0.2, 0.25) is 0 Å². The number of rotatable bonds is 7. The van der Waals surface area contributed by atoms with Crippen molar-refractivity contribution in [3.05, 3.63) is 70.6 Å². The minimum atomic E-state index is -3.57. The number of nitrogens with one attached hydrogen (secondary N) is 3. The van der Waals surface area contributed by atoms with Gasteiger partial charge in [-0.1, -0.05) is 12.2 Å². The number of alkyl halides is 2. The second-order valence-corrected chi connectivity index (χ2v) is 6.26. The van der Waals surface area contributed by atoms with Gasteiger partial charge < -0.3 is 22.2 Å². The number of fused-ring (bicyclic) bond motifs is 2. The lowest BCUT2D eigenvalue weighted by Gasteiger charge is -2.17. The van der Waals surface area contributed by atoms with Gasteiger partial charge in [0, 0.05) is 47.9 Å². The van der Waals surface area contributed by atoms with Crippen LogP contribution in [0.1, 0.15) is 6.42 Å². The van der Waals surface area contributed by atoms with E-state index in [4.69, 9.17) is 22.3 Å². The molecule has 2 aliphatic rings. The highest BCUT2D eigenvalue weighted by Gasteiger charge is 2.38. The highest BCUT2D eigenvalue weighted by molar-refractivity contribution is 6.04. The van der Waals surface area contributed by atoms with Crippen LogP contribution in [-0.4, -0.2) is 43.6 Å². The van der Waals surface area contributed by atoms with E-state index in [0.29, 0.717) is 29.8 Å². The molecule has 9 heteroatoms. The molecule has 7 N–H and O–H groups in total. The summed E-state index contributed by atoms with van der Waals surface area (Å²) in [5.74, 6) is -5.05. The molecule has 29 heavy (non-hydrogen) atoms. The molecule has 0 saturated carbocycles. The number of hydrogen-bond acceptors (Lipinski definition) is 5. The zero-order chi connectivity index (χ0) is 21.4. The first-order valence-electron chi connectivity index (χ1n) is 8.73. The van der Waals surface area contributed by atoms with Crippen molar-refractivity contribution < 1.29 is 8.78 Å².